The predicted molar refractivity (Wildman–Crippen MR) is 92.9 cm³/mol. The molecule has 0 saturated heterocycles. The minimum Gasteiger partial charge on any atom is -0.395 e. The van der Waals surface area contributed by atoms with Crippen LogP contribution in [0, 0.1) is 0 Å². The average molecular weight is 389 g/mol. The second-order valence-corrected chi connectivity index (χ2v) is 4.72. The molecule has 0 aromatic rings. The van der Waals surface area contributed by atoms with E-state index < -0.39 is 0 Å². The molecular weight excluding hydrogens is 367 g/mol. The Labute approximate surface area is 157 Å². The van der Waals surface area contributed by atoms with Crippen LogP contribution in [0.5, 0.6) is 0 Å². The van der Waals surface area contributed by atoms with Gasteiger partial charge in [0.05, 0.1) is 13.2 Å². The first kappa shape index (κ1) is 22.8. The fourth-order valence-electron chi connectivity index (χ4n) is 1.69. The Balaban J connectivity index is 0.000000443. The van der Waals surface area contributed by atoms with Gasteiger partial charge in [0.15, 0.2) is 11.6 Å². The number of ketones is 2. The average Bonchev–Trinajstić information content (AvgIpc) is 2.59. The predicted octanol–water partition coefficient (Wildman–Crippen LogP) is 0.292. The summed E-state index contributed by atoms with van der Waals surface area (Å²) in [7, 11) is 0. The van der Waals surface area contributed by atoms with Gasteiger partial charge in [0.25, 0.3) is 0 Å². The van der Waals surface area contributed by atoms with E-state index in [1.165, 1.54) is 12.2 Å². The number of allylic oxidation sites excluding steroid dienone is 10. The molecule has 0 saturated carbocycles. The van der Waals surface area contributed by atoms with Gasteiger partial charge in [-0.15, -0.1) is 0 Å². The van der Waals surface area contributed by atoms with Crippen molar-refractivity contribution in [3.63, 3.8) is 0 Å². The van der Waals surface area contributed by atoms with Gasteiger partial charge in [-0.2, -0.15) is 0 Å². The minimum absolute atomic E-state index is 0. The van der Waals surface area contributed by atoms with Crippen LogP contribution in [0.15, 0.2) is 72.2 Å². The van der Waals surface area contributed by atoms with E-state index in [4.69, 9.17) is 10.2 Å². The summed E-state index contributed by atoms with van der Waals surface area (Å²) in [6.07, 6.45) is 16.7. The van der Waals surface area contributed by atoms with Gasteiger partial charge < -0.3 is 20.8 Å². The molecule has 2 aliphatic rings. The van der Waals surface area contributed by atoms with E-state index in [0.717, 1.165) is 0 Å². The summed E-state index contributed by atoms with van der Waals surface area (Å²) in [4.78, 5) is 22.2. The van der Waals surface area contributed by atoms with Crippen LogP contribution in [0.2, 0.25) is 0 Å². The SMILES string of the molecule is O=C1C=CC=CC1=CNCCO.O=C1C=CC=CC1=CNCCO.[Ni]. The summed E-state index contributed by atoms with van der Waals surface area (Å²) < 4.78 is 0. The van der Waals surface area contributed by atoms with Crippen LogP contribution in [0.4, 0.5) is 0 Å². The molecule has 0 heterocycles. The van der Waals surface area contributed by atoms with Crippen LogP contribution in [-0.2, 0) is 26.1 Å². The van der Waals surface area contributed by atoms with Gasteiger partial charge in [0, 0.05) is 53.1 Å². The van der Waals surface area contributed by atoms with Crippen LogP contribution in [0.1, 0.15) is 0 Å². The number of carbonyl (C=O) groups excluding carboxylic acids is 2. The fourth-order valence-corrected chi connectivity index (χ4v) is 1.69. The second-order valence-electron chi connectivity index (χ2n) is 4.72. The molecule has 0 amide bonds. The third kappa shape index (κ3) is 9.62. The van der Waals surface area contributed by atoms with Crippen molar-refractivity contribution >= 4 is 11.6 Å². The summed E-state index contributed by atoms with van der Waals surface area (Å²) in [6.45, 7) is 1.07. The molecule has 2 rings (SSSR count). The van der Waals surface area contributed by atoms with Crippen LogP contribution in [0.3, 0.4) is 0 Å². The zero-order valence-corrected chi connectivity index (χ0v) is 14.6. The molecule has 0 spiro atoms. The summed E-state index contributed by atoms with van der Waals surface area (Å²) in [5.74, 6) is -0.0223. The van der Waals surface area contributed by atoms with Crippen molar-refractivity contribution in [2.24, 2.45) is 0 Å². The quantitative estimate of drug-likeness (QED) is 0.296. The molecule has 6 nitrogen and oxygen atoms in total. The van der Waals surface area contributed by atoms with Crippen molar-refractivity contribution in [1.29, 1.82) is 0 Å². The van der Waals surface area contributed by atoms with Gasteiger partial charge in [-0.3, -0.25) is 9.59 Å². The molecule has 0 fully saturated rings. The van der Waals surface area contributed by atoms with E-state index in [1.54, 1.807) is 48.9 Å². The van der Waals surface area contributed by atoms with Crippen LogP contribution in [-0.4, -0.2) is 48.1 Å². The zero-order chi connectivity index (χ0) is 17.6. The van der Waals surface area contributed by atoms with E-state index in [2.05, 4.69) is 10.6 Å². The van der Waals surface area contributed by atoms with Crippen molar-refractivity contribution < 1.29 is 36.3 Å². The summed E-state index contributed by atoms with van der Waals surface area (Å²) >= 11 is 0. The molecule has 25 heavy (non-hydrogen) atoms. The van der Waals surface area contributed by atoms with Crippen LogP contribution >= 0.6 is 0 Å². The first-order valence-corrected chi connectivity index (χ1v) is 7.56. The van der Waals surface area contributed by atoms with Crippen molar-refractivity contribution in [1.82, 2.24) is 10.6 Å². The normalized spacial score (nSPS) is 18.0. The molecule has 0 aliphatic heterocycles. The monoisotopic (exact) mass is 388 g/mol. The maximum atomic E-state index is 11.1. The molecule has 0 aromatic heterocycles. The maximum Gasteiger partial charge on any atom is 0.187 e. The third-order valence-electron chi connectivity index (χ3n) is 2.87. The molecule has 0 bridgehead atoms. The van der Waals surface area contributed by atoms with Crippen LogP contribution in [0.25, 0.3) is 0 Å². The Morgan fingerprint density at radius 1 is 0.720 bits per heavy atom. The van der Waals surface area contributed by atoms with Crippen LogP contribution < -0.4 is 10.6 Å². The largest absolute Gasteiger partial charge is 0.395 e. The molecular formula is C18H22N2NiO4. The van der Waals surface area contributed by atoms with Gasteiger partial charge in [-0.1, -0.05) is 24.3 Å². The first-order valence-electron chi connectivity index (χ1n) is 7.56. The molecule has 4 N–H and O–H groups in total. The second kappa shape index (κ2) is 14.2. The number of rotatable bonds is 6. The van der Waals surface area contributed by atoms with E-state index >= 15 is 0 Å². The summed E-state index contributed by atoms with van der Waals surface area (Å²) in [6, 6.07) is 0. The van der Waals surface area contributed by atoms with E-state index in [1.807, 2.05) is 0 Å². The van der Waals surface area contributed by atoms with Gasteiger partial charge in [-0.25, -0.2) is 0 Å². The number of aliphatic hydroxyl groups is 2. The Bertz CT molecular complexity index is 563. The molecule has 7 heteroatoms. The van der Waals surface area contributed by atoms with Crippen molar-refractivity contribution in [3.8, 4) is 0 Å². The summed E-state index contributed by atoms with van der Waals surface area (Å²) in [5, 5.41) is 22.5. The van der Waals surface area contributed by atoms with E-state index in [-0.39, 0.29) is 41.3 Å². The Morgan fingerprint density at radius 2 is 1.08 bits per heavy atom. The topological polar surface area (TPSA) is 98.7 Å². The van der Waals surface area contributed by atoms with Gasteiger partial charge >= 0.3 is 0 Å². The fraction of sp³-hybridized carbons (Fsp3) is 0.222. The molecule has 0 radical (unpaired) electrons. The maximum absolute atomic E-state index is 11.1. The number of hydrogen-bond acceptors (Lipinski definition) is 6. The minimum atomic E-state index is -0.0112. The first-order chi connectivity index (χ1) is 11.7. The molecule has 0 aromatic carbocycles. The summed E-state index contributed by atoms with van der Waals surface area (Å²) in [5.41, 5.74) is 1.23. The Morgan fingerprint density at radius 3 is 1.40 bits per heavy atom. The van der Waals surface area contributed by atoms with Crippen molar-refractivity contribution in [2.45, 2.75) is 0 Å². The van der Waals surface area contributed by atoms with Crippen molar-refractivity contribution in [3.05, 3.63) is 72.2 Å². The smallest absolute Gasteiger partial charge is 0.187 e. The van der Waals surface area contributed by atoms with E-state index in [0.29, 0.717) is 24.2 Å². The zero-order valence-electron chi connectivity index (χ0n) is 13.6. The van der Waals surface area contributed by atoms with Gasteiger partial charge in [0.2, 0.25) is 0 Å². The van der Waals surface area contributed by atoms with Gasteiger partial charge in [-0.05, 0) is 24.3 Å². The number of carbonyl (C=O) groups is 2. The Hall–Kier alpha value is -2.21. The Kier molecular flexibility index (Phi) is 12.9. The van der Waals surface area contributed by atoms with E-state index in [9.17, 15) is 9.59 Å². The molecule has 0 unspecified atom stereocenters. The number of aliphatic hydroxyl groups excluding tert-OH is 2. The molecule has 138 valence electrons. The molecule has 2 aliphatic carbocycles. The number of nitrogens with one attached hydrogen (secondary N) is 2. The van der Waals surface area contributed by atoms with Gasteiger partial charge in [0.1, 0.15) is 0 Å². The number of hydrogen-bond donors (Lipinski definition) is 4. The van der Waals surface area contributed by atoms with Crippen molar-refractivity contribution in [2.75, 3.05) is 26.3 Å². The third-order valence-corrected chi connectivity index (χ3v) is 2.87. The molecule has 0 atom stereocenters. The standard InChI is InChI=1S/2C9H11NO2.Ni/c2*11-6-5-10-7-8-3-1-2-4-9(8)12;/h2*1-4,7,10-11H,5-6H2;.